The Balaban J connectivity index is 1.77. The first-order valence-corrected chi connectivity index (χ1v) is 6.70. The highest BCUT2D eigenvalue weighted by Gasteiger charge is 2.21. The van der Waals surface area contributed by atoms with Crippen LogP contribution in [0.3, 0.4) is 0 Å². The van der Waals surface area contributed by atoms with E-state index in [1.54, 1.807) is 0 Å². The lowest BCUT2D eigenvalue weighted by atomic mass is 10.1. The summed E-state index contributed by atoms with van der Waals surface area (Å²) in [5.41, 5.74) is 0.744. The molecule has 98 valence electrons. The van der Waals surface area contributed by atoms with Gasteiger partial charge in [-0.3, -0.25) is 4.79 Å². The monoisotopic (exact) mass is 254 g/mol. The third-order valence-corrected chi connectivity index (χ3v) is 3.74. The second kappa shape index (κ2) is 5.02. The van der Waals surface area contributed by atoms with Gasteiger partial charge in [-0.2, -0.15) is 0 Å². The number of hydrogen-bond donors (Lipinski definition) is 1. The standard InChI is InChI=1S/C16H18N2O/c1-18-9-8-15(11-18)17-16(19)14-7-6-12-4-2-3-5-13(12)10-14/h2-7,10,15H,8-9,11H2,1H3,(H,17,19). The molecule has 3 nitrogen and oxygen atoms in total. The Morgan fingerprint density at radius 1 is 1.21 bits per heavy atom. The first-order valence-electron chi connectivity index (χ1n) is 6.70. The fourth-order valence-electron chi connectivity index (χ4n) is 2.65. The Morgan fingerprint density at radius 2 is 2.00 bits per heavy atom. The molecule has 0 bridgehead atoms. The minimum Gasteiger partial charge on any atom is -0.348 e. The summed E-state index contributed by atoms with van der Waals surface area (Å²) in [6, 6.07) is 14.2. The summed E-state index contributed by atoms with van der Waals surface area (Å²) < 4.78 is 0. The molecule has 1 unspecified atom stereocenters. The molecule has 1 aliphatic rings. The minimum atomic E-state index is 0.0334. The predicted molar refractivity (Wildman–Crippen MR) is 77.3 cm³/mol. The largest absolute Gasteiger partial charge is 0.348 e. The lowest BCUT2D eigenvalue weighted by molar-refractivity contribution is 0.0938. The Labute approximate surface area is 113 Å². The Bertz CT molecular complexity index is 608. The van der Waals surface area contributed by atoms with Crippen LogP contribution in [0.4, 0.5) is 0 Å². The summed E-state index contributed by atoms with van der Waals surface area (Å²) in [6.07, 6.45) is 1.04. The molecule has 0 aromatic heterocycles. The molecular formula is C16H18N2O. The summed E-state index contributed by atoms with van der Waals surface area (Å²) in [7, 11) is 2.09. The smallest absolute Gasteiger partial charge is 0.251 e. The predicted octanol–water partition coefficient (Wildman–Crippen LogP) is 2.27. The van der Waals surface area contributed by atoms with E-state index in [4.69, 9.17) is 0 Å². The highest BCUT2D eigenvalue weighted by atomic mass is 16.1. The van der Waals surface area contributed by atoms with Gasteiger partial charge in [0.05, 0.1) is 0 Å². The van der Waals surface area contributed by atoms with Crippen molar-refractivity contribution >= 4 is 16.7 Å². The van der Waals surface area contributed by atoms with Crippen molar-refractivity contribution in [2.45, 2.75) is 12.5 Å². The molecular weight excluding hydrogens is 236 g/mol. The van der Waals surface area contributed by atoms with Crippen molar-refractivity contribution in [1.29, 1.82) is 0 Å². The topological polar surface area (TPSA) is 32.3 Å². The zero-order chi connectivity index (χ0) is 13.2. The highest BCUT2D eigenvalue weighted by molar-refractivity contribution is 5.98. The van der Waals surface area contributed by atoms with Crippen molar-refractivity contribution in [2.24, 2.45) is 0 Å². The van der Waals surface area contributed by atoms with Crippen LogP contribution >= 0.6 is 0 Å². The lowest BCUT2D eigenvalue weighted by Crippen LogP contribution is -2.36. The molecule has 1 atom stereocenters. The van der Waals surface area contributed by atoms with Crippen LogP contribution in [0.25, 0.3) is 10.8 Å². The first kappa shape index (κ1) is 12.2. The van der Waals surface area contributed by atoms with Crippen LogP contribution in [0.5, 0.6) is 0 Å². The van der Waals surface area contributed by atoms with Crippen molar-refractivity contribution in [1.82, 2.24) is 10.2 Å². The van der Waals surface area contributed by atoms with Crippen LogP contribution in [-0.2, 0) is 0 Å². The molecule has 1 saturated heterocycles. The molecule has 19 heavy (non-hydrogen) atoms. The second-order valence-corrected chi connectivity index (χ2v) is 5.28. The van der Waals surface area contributed by atoms with Gasteiger partial charge in [-0.25, -0.2) is 0 Å². The molecule has 2 aromatic rings. The Kier molecular flexibility index (Phi) is 3.22. The zero-order valence-electron chi connectivity index (χ0n) is 11.1. The van der Waals surface area contributed by atoms with Crippen LogP contribution < -0.4 is 5.32 Å². The van der Waals surface area contributed by atoms with E-state index in [0.717, 1.165) is 30.5 Å². The van der Waals surface area contributed by atoms with Gasteiger partial charge >= 0.3 is 0 Å². The molecule has 1 N–H and O–H groups in total. The molecule has 2 aromatic carbocycles. The number of nitrogens with one attached hydrogen (secondary N) is 1. The average molecular weight is 254 g/mol. The molecule has 1 amide bonds. The number of likely N-dealkylation sites (tertiary alicyclic amines) is 1. The number of amides is 1. The van der Waals surface area contributed by atoms with Crippen LogP contribution in [0.1, 0.15) is 16.8 Å². The zero-order valence-corrected chi connectivity index (χ0v) is 11.1. The maximum Gasteiger partial charge on any atom is 0.251 e. The number of hydrogen-bond acceptors (Lipinski definition) is 2. The second-order valence-electron chi connectivity index (χ2n) is 5.28. The number of carbonyl (C=O) groups excluding carboxylic acids is 1. The van der Waals surface area contributed by atoms with E-state index >= 15 is 0 Å². The van der Waals surface area contributed by atoms with E-state index in [1.807, 2.05) is 36.4 Å². The van der Waals surface area contributed by atoms with Crippen molar-refractivity contribution in [3.8, 4) is 0 Å². The number of rotatable bonds is 2. The van der Waals surface area contributed by atoms with Gasteiger partial charge in [0, 0.05) is 18.2 Å². The molecule has 0 aliphatic carbocycles. The van der Waals surface area contributed by atoms with Gasteiger partial charge in [-0.15, -0.1) is 0 Å². The number of benzene rings is 2. The van der Waals surface area contributed by atoms with E-state index in [0.29, 0.717) is 0 Å². The average Bonchev–Trinajstić information content (AvgIpc) is 2.83. The van der Waals surface area contributed by atoms with Gasteiger partial charge in [0.15, 0.2) is 0 Å². The van der Waals surface area contributed by atoms with Gasteiger partial charge in [-0.05, 0) is 42.9 Å². The van der Waals surface area contributed by atoms with Gasteiger partial charge < -0.3 is 10.2 Å². The maximum atomic E-state index is 12.2. The molecule has 1 aliphatic heterocycles. The number of likely N-dealkylation sites (N-methyl/N-ethyl adjacent to an activating group) is 1. The Morgan fingerprint density at radius 3 is 2.74 bits per heavy atom. The van der Waals surface area contributed by atoms with Gasteiger partial charge in [0.2, 0.25) is 0 Å². The van der Waals surface area contributed by atoms with Crippen molar-refractivity contribution in [3.63, 3.8) is 0 Å². The number of carbonyl (C=O) groups is 1. The normalized spacial score (nSPS) is 19.7. The van der Waals surface area contributed by atoms with Crippen LogP contribution in [0, 0.1) is 0 Å². The van der Waals surface area contributed by atoms with E-state index in [2.05, 4.69) is 23.3 Å². The Hall–Kier alpha value is -1.87. The minimum absolute atomic E-state index is 0.0334. The van der Waals surface area contributed by atoms with E-state index < -0.39 is 0 Å². The summed E-state index contributed by atoms with van der Waals surface area (Å²) >= 11 is 0. The number of nitrogens with zero attached hydrogens (tertiary/aromatic N) is 1. The van der Waals surface area contributed by atoms with Crippen LogP contribution in [-0.4, -0.2) is 37.0 Å². The lowest BCUT2D eigenvalue weighted by Gasteiger charge is -2.13. The fraction of sp³-hybridized carbons (Fsp3) is 0.312. The van der Waals surface area contributed by atoms with Crippen molar-refractivity contribution in [3.05, 3.63) is 48.0 Å². The summed E-state index contributed by atoms with van der Waals surface area (Å²) in [5, 5.41) is 5.39. The SMILES string of the molecule is CN1CCC(NC(=O)c2ccc3ccccc3c2)C1. The van der Waals surface area contributed by atoms with Crippen LogP contribution in [0.2, 0.25) is 0 Å². The van der Waals surface area contributed by atoms with Gasteiger partial charge in [0.1, 0.15) is 0 Å². The fourth-order valence-corrected chi connectivity index (χ4v) is 2.65. The molecule has 0 spiro atoms. The molecule has 0 saturated carbocycles. The molecule has 3 heteroatoms. The number of fused-ring (bicyclic) bond motifs is 1. The van der Waals surface area contributed by atoms with Crippen molar-refractivity contribution < 1.29 is 4.79 Å². The van der Waals surface area contributed by atoms with Crippen molar-refractivity contribution in [2.75, 3.05) is 20.1 Å². The quantitative estimate of drug-likeness (QED) is 0.891. The highest BCUT2D eigenvalue weighted by Crippen LogP contribution is 2.16. The summed E-state index contributed by atoms with van der Waals surface area (Å²) in [4.78, 5) is 14.5. The summed E-state index contributed by atoms with van der Waals surface area (Å²) in [5.74, 6) is 0.0334. The molecule has 3 rings (SSSR count). The molecule has 0 radical (unpaired) electrons. The first-order chi connectivity index (χ1) is 9.22. The van der Waals surface area contributed by atoms with Gasteiger partial charge in [0.25, 0.3) is 5.91 Å². The van der Waals surface area contributed by atoms with E-state index in [-0.39, 0.29) is 11.9 Å². The third-order valence-electron chi connectivity index (χ3n) is 3.74. The van der Waals surface area contributed by atoms with Gasteiger partial charge in [-0.1, -0.05) is 30.3 Å². The molecule has 1 heterocycles. The van der Waals surface area contributed by atoms with E-state index in [1.165, 1.54) is 5.39 Å². The summed E-state index contributed by atoms with van der Waals surface area (Å²) in [6.45, 7) is 2.00. The molecule has 1 fully saturated rings. The van der Waals surface area contributed by atoms with E-state index in [9.17, 15) is 4.79 Å². The third kappa shape index (κ3) is 2.61. The maximum absolute atomic E-state index is 12.2. The van der Waals surface area contributed by atoms with Crippen LogP contribution in [0.15, 0.2) is 42.5 Å².